The van der Waals surface area contributed by atoms with Crippen LogP contribution in [0.15, 0.2) is 4.99 Å². The van der Waals surface area contributed by atoms with Crippen LogP contribution in [0.1, 0.15) is 35.3 Å². The van der Waals surface area contributed by atoms with Gasteiger partial charge >= 0.3 is 0 Å². The van der Waals surface area contributed by atoms with Crippen molar-refractivity contribution in [2.75, 3.05) is 20.1 Å². The molecule has 6 nitrogen and oxygen atoms in total. The highest BCUT2D eigenvalue weighted by molar-refractivity contribution is 7.11. The molecule has 0 saturated carbocycles. The molecule has 1 amide bonds. The number of aryl methyl sites for hydroxylation is 2. The number of piperidine rings is 1. The fourth-order valence-electron chi connectivity index (χ4n) is 2.50. The summed E-state index contributed by atoms with van der Waals surface area (Å²) >= 11 is 1.72. The fraction of sp³-hybridized carbons (Fsp3) is 0.667. The summed E-state index contributed by atoms with van der Waals surface area (Å²) in [5.74, 6) is 0.960. The number of amides is 1. The lowest BCUT2D eigenvalue weighted by Gasteiger charge is -2.32. The molecule has 1 aliphatic rings. The predicted molar refractivity (Wildman–Crippen MR) is 90.2 cm³/mol. The molecule has 1 saturated heterocycles. The van der Waals surface area contributed by atoms with Gasteiger partial charge in [-0.2, -0.15) is 0 Å². The lowest BCUT2D eigenvalue weighted by atomic mass is 10.1. The second kappa shape index (κ2) is 7.58. The zero-order valence-corrected chi connectivity index (χ0v) is 14.6. The SMILES string of the molecule is CN=C(NCc1nc(C)c(C)s1)NC1CCN(C(C)=O)CC1. The third kappa shape index (κ3) is 4.43. The summed E-state index contributed by atoms with van der Waals surface area (Å²) in [6.07, 6.45) is 1.91. The molecule has 1 aromatic heterocycles. The molecular formula is C15H25N5OS. The van der Waals surface area contributed by atoms with Crippen molar-refractivity contribution >= 4 is 23.2 Å². The van der Waals surface area contributed by atoms with Gasteiger partial charge < -0.3 is 15.5 Å². The molecule has 1 aliphatic heterocycles. The van der Waals surface area contributed by atoms with Crippen LogP contribution in [0.2, 0.25) is 0 Å². The number of aliphatic imine (C=N–C) groups is 1. The maximum Gasteiger partial charge on any atom is 0.219 e. The molecule has 0 spiro atoms. The Morgan fingerprint density at radius 2 is 2.09 bits per heavy atom. The quantitative estimate of drug-likeness (QED) is 0.652. The third-order valence-electron chi connectivity index (χ3n) is 3.98. The van der Waals surface area contributed by atoms with Gasteiger partial charge in [-0.3, -0.25) is 9.79 Å². The maximum absolute atomic E-state index is 11.3. The average Bonchev–Trinajstić information content (AvgIpc) is 2.82. The number of aromatic nitrogens is 1. The Kier molecular flexibility index (Phi) is 5.76. The molecular weight excluding hydrogens is 298 g/mol. The average molecular weight is 323 g/mol. The number of guanidine groups is 1. The molecule has 2 rings (SSSR count). The number of hydrogen-bond acceptors (Lipinski definition) is 4. The first-order chi connectivity index (χ1) is 10.5. The molecule has 7 heteroatoms. The zero-order chi connectivity index (χ0) is 16.1. The van der Waals surface area contributed by atoms with Crippen molar-refractivity contribution in [3.05, 3.63) is 15.6 Å². The highest BCUT2D eigenvalue weighted by Gasteiger charge is 2.21. The van der Waals surface area contributed by atoms with Crippen molar-refractivity contribution < 1.29 is 4.79 Å². The molecule has 0 aliphatic carbocycles. The van der Waals surface area contributed by atoms with E-state index in [2.05, 4.69) is 27.5 Å². The van der Waals surface area contributed by atoms with Crippen LogP contribution in [-0.4, -0.2) is 47.9 Å². The molecule has 0 radical (unpaired) electrons. The number of likely N-dealkylation sites (tertiary alicyclic amines) is 1. The Hall–Kier alpha value is -1.63. The van der Waals surface area contributed by atoms with E-state index in [4.69, 9.17) is 0 Å². The monoisotopic (exact) mass is 323 g/mol. The molecule has 0 bridgehead atoms. The number of carbonyl (C=O) groups excluding carboxylic acids is 1. The molecule has 2 N–H and O–H groups in total. The Labute approximate surface area is 136 Å². The van der Waals surface area contributed by atoms with Gasteiger partial charge in [-0.25, -0.2) is 4.98 Å². The Morgan fingerprint density at radius 3 is 2.59 bits per heavy atom. The summed E-state index contributed by atoms with van der Waals surface area (Å²) in [5.41, 5.74) is 1.10. The summed E-state index contributed by atoms with van der Waals surface area (Å²) in [6, 6.07) is 0.363. The molecule has 0 aromatic carbocycles. The molecule has 122 valence electrons. The first-order valence-electron chi connectivity index (χ1n) is 7.65. The summed E-state index contributed by atoms with van der Waals surface area (Å²) < 4.78 is 0. The van der Waals surface area contributed by atoms with Gasteiger partial charge in [-0.05, 0) is 26.7 Å². The minimum atomic E-state index is 0.162. The topological polar surface area (TPSA) is 69.6 Å². The van der Waals surface area contributed by atoms with E-state index in [9.17, 15) is 4.79 Å². The number of thiazole rings is 1. The van der Waals surface area contributed by atoms with Crippen LogP contribution in [0.3, 0.4) is 0 Å². The van der Waals surface area contributed by atoms with Gasteiger partial charge in [-0.15, -0.1) is 11.3 Å². The van der Waals surface area contributed by atoms with E-state index in [0.717, 1.165) is 42.6 Å². The van der Waals surface area contributed by atoms with Gasteiger partial charge in [0.15, 0.2) is 5.96 Å². The van der Waals surface area contributed by atoms with Crippen LogP contribution in [0.5, 0.6) is 0 Å². The zero-order valence-electron chi connectivity index (χ0n) is 13.8. The van der Waals surface area contributed by atoms with E-state index in [1.54, 1.807) is 25.3 Å². The van der Waals surface area contributed by atoms with Crippen molar-refractivity contribution in [3.8, 4) is 0 Å². The maximum atomic E-state index is 11.3. The van der Waals surface area contributed by atoms with E-state index in [-0.39, 0.29) is 5.91 Å². The summed E-state index contributed by atoms with van der Waals surface area (Å²) in [6.45, 7) is 8.07. The molecule has 22 heavy (non-hydrogen) atoms. The third-order valence-corrected chi connectivity index (χ3v) is 5.06. The van der Waals surface area contributed by atoms with Crippen LogP contribution >= 0.6 is 11.3 Å². The Bertz CT molecular complexity index is 527. The number of nitrogens with one attached hydrogen (secondary N) is 2. The van der Waals surface area contributed by atoms with E-state index >= 15 is 0 Å². The van der Waals surface area contributed by atoms with Gasteiger partial charge in [0.2, 0.25) is 5.91 Å². The smallest absolute Gasteiger partial charge is 0.219 e. The second-order valence-corrected chi connectivity index (χ2v) is 6.89. The van der Waals surface area contributed by atoms with Crippen molar-refractivity contribution in [1.82, 2.24) is 20.5 Å². The van der Waals surface area contributed by atoms with Crippen LogP contribution in [-0.2, 0) is 11.3 Å². The van der Waals surface area contributed by atoms with Gasteiger partial charge in [-0.1, -0.05) is 0 Å². The van der Waals surface area contributed by atoms with Crippen LogP contribution in [0, 0.1) is 13.8 Å². The summed E-state index contributed by atoms with van der Waals surface area (Å²) in [4.78, 5) is 23.3. The van der Waals surface area contributed by atoms with Crippen molar-refractivity contribution in [2.24, 2.45) is 4.99 Å². The second-order valence-electron chi connectivity index (χ2n) is 5.60. The van der Waals surface area contributed by atoms with Gasteiger partial charge in [0.1, 0.15) is 5.01 Å². The van der Waals surface area contributed by atoms with Crippen LogP contribution in [0.25, 0.3) is 0 Å². The summed E-state index contributed by atoms with van der Waals surface area (Å²) in [7, 11) is 1.78. The predicted octanol–water partition coefficient (Wildman–Crippen LogP) is 1.44. The van der Waals surface area contributed by atoms with E-state index in [1.165, 1.54) is 4.88 Å². The number of hydrogen-bond donors (Lipinski definition) is 2. The largest absolute Gasteiger partial charge is 0.354 e. The molecule has 0 atom stereocenters. The highest BCUT2D eigenvalue weighted by atomic mass is 32.1. The first-order valence-corrected chi connectivity index (χ1v) is 8.47. The van der Waals surface area contributed by atoms with Gasteiger partial charge in [0.05, 0.1) is 12.2 Å². The van der Waals surface area contributed by atoms with E-state index in [0.29, 0.717) is 12.6 Å². The molecule has 0 unspecified atom stereocenters. The lowest BCUT2D eigenvalue weighted by molar-refractivity contribution is -0.129. The molecule has 1 aromatic rings. The normalized spacial score (nSPS) is 16.7. The number of nitrogens with zero attached hydrogens (tertiary/aromatic N) is 3. The minimum absolute atomic E-state index is 0.162. The fourth-order valence-corrected chi connectivity index (χ4v) is 3.37. The highest BCUT2D eigenvalue weighted by Crippen LogP contribution is 2.16. The first kappa shape index (κ1) is 16.7. The Morgan fingerprint density at radius 1 is 1.41 bits per heavy atom. The number of carbonyl (C=O) groups is 1. The molecule has 2 heterocycles. The van der Waals surface area contributed by atoms with Crippen molar-refractivity contribution in [3.63, 3.8) is 0 Å². The standard InChI is InChI=1S/C15H25N5OS/c1-10-11(2)22-14(18-10)9-17-15(16-4)19-13-5-7-20(8-6-13)12(3)21/h13H,5-9H2,1-4H3,(H2,16,17,19). The van der Waals surface area contributed by atoms with Gasteiger partial charge in [0.25, 0.3) is 0 Å². The molecule has 1 fully saturated rings. The van der Waals surface area contributed by atoms with Crippen molar-refractivity contribution in [2.45, 2.75) is 46.2 Å². The van der Waals surface area contributed by atoms with Crippen LogP contribution in [0.4, 0.5) is 0 Å². The minimum Gasteiger partial charge on any atom is -0.354 e. The van der Waals surface area contributed by atoms with E-state index < -0.39 is 0 Å². The lowest BCUT2D eigenvalue weighted by Crippen LogP contribution is -2.49. The van der Waals surface area contributed by atoms with Crippen LogP contribution < -0.4 is 10.6 Å². The van der Waals surface area contributed by atoms with Crippen molar-refractivity contribution in [1.29, 1.82) is 0 Å². The van der Waals surface area contributed by atoms with E-state index in [1.807, 2.05) is 11.8 Å². The van der Waals surface area contributed by atoms with Gasteiger partial charge in [0, 0.05) is 38.0 Å². The summed E-state index contributed by atoms with van der Waals surface area (Å²) in [5, 5.41) is 7.82. The number of rotatable bonds is 3. The Balaban J connectivity index is 1.79.